The maximum atomic E-state index is 11.6. The van der Waals surface area contributed by atoms with Crippen molar-refractivity contribution in [2.45, 2.75) is 59.0 Å². The van der Waals surface area contributed by atoms with Crippen LogP contribution in [0.4, 0.5) is 0 Å². The molecular weight excluding hydrogens is 837 g/mol. The normalized spacial score (nSPS) is 12.2. The fourth-order valence-electron chi connectivity index (χ4n) is 7.19. The van der Waals surface area contributed by atoms with Crippen molar-refractivity contribution in [3.8, 4) is 34.4 Å². The van der Waals surface area contributed by atoms with E-state index in [1.165, 1.54) is 13.3 Å². The molecule has 2 atom stereocenters. The Morgan fingerprint density at radius 2 is 1.58 bits per heavy atom. The highest BCUT2D eigenvalue weighted by atomic mass is 35.5. The second kappa shape index (κ2) is 20.6. The molecule has 0 bridgehead atoms. The Hall–Kier alpha value is -6.21. The summed E-state index contributed by atoms with van der Waals surface area (Å²) in [5.41, 5.74) is 8.54. The number of fused-ring (bicyclic) bond motifs is 1. The molecule has 0 amide bonds. The van der Waals surface area contributed by atoms with Crippen molar-refractivity contribution < 1.29 is 44.2 Å². The number of pyridine rings is 1. The summed E-state index contributed by atoms with van der Waals surface area (Å²) in [5, 5.41) is 56.7. The Labute approximate surface area is 367 Å². The summed E-state index contributed by atoms with van der Waals surface area (Å²) in [4.78, 5) is 27.1. The number of halogens is 2. The predicted octanol–water partition coefficient (Wildman–Crippen LogP) is 7.27. The molecule has 14 nitrogen and oxygen atoms in total. The van der Waals surface area contributed by atoms with E-state index in [9.17, 15) is 35.3 Å². The fraction of sp³-hybridized carbons (Fsp3) is 0.283. The number of aliphatic hydroxyl groups is 2. The third-order valence-corrected chi connectivity index (χ3v) is 11.3. The number of aliphatic hydroxyl groups excluding tert-OH is 2. The van der Waals surface area contributed by atoms with Crippen LogP contribution in [0.1, 0.15) is 51.1 Å². The number of aryl methyl sites for hydroxylation is 2. The molecule has 6 rings (SSSR count). The molecule has 0 spiro atoms. The number of hydrogen-bond acceptors (Lipinski definition) is 11. The number of rotatable bonds is 20. The zero-order chi connectivity index (χ0) is 44.5. The van der Waals surface area contributed by atoms with E-state index in [-0.39, 0.29) is 32.7 Å². The van der Waals surface area contributed by atoms with E-state index in [0.29, 0.717) is 61.5 Å². The first-order chi connectivity index (χ1) is 29.8. The van der Waals surface area contributed by atoms with E-state index in [2.05, 4.69) is 16.4 Å². The predicted molar refractivity (Wildman–Crippen MR) is 233 cm³/mol. The van der Waals surface area contributed by atoms with Gasteiger partial charge in [0.2, 0.25) is 0 Å². The zero-order valence-electron chi connectivity index (χ0n) is 34.2. The number of ether oxygens (including phenoxy) is 3. The number of hydrogen-bond donors (Lipinski definition) is 5. The van der Waals surface area contributed by atoms with E-state index < -0.39 is 37.1 Å². The molecule has 0 fully saturated rings. The number of carboxylic acid groups (broad SMARTS) is 2. The quantitative estimate of drug-likeness (QED) is 0.0512. The van der Waals surface area contributed by atoms with Gasteiger partial charge in [0.1, 0.15) is 42.6 Å². The molecule has 6 aromatic rings. The van der Waals surface area contributed by atoms with Gasteiger partial charge in [0.15, 0.2) is 0 Å². The van der Waals surface area contributed by atoms with Gasteiger partial charge in [-0.25, -0.2) is 0 Å². The van der Waals surface area contributed by atoms with Crippen LogP contribution in [0.2, 0.25) is 10.0 Å². The van der Waals surface area contributed by atoms with Crippen LogP contribution in [0.15, 0.2) is 79.1 Å². The van der Waals surface area contributed by atoms with Gasteiger partial charge in [-0.1, -0.05) is 53.5 Å². The SMILES string of the molecule is COc1cc(OCc2cccc(-c3cccc4c3c(C)nn4Cc3cc(OCc4cncc(C#N)c4)c(CN[C@@H](CO)C(=O)O)cc3Cl)c2C)c(Cl)cc1CC[C@@H](CO)C(=O)O. The van der Waals surface area contributed by atoms with Crippen LogP contribution in [0.3, 0.4) is 0 Å². The van der Waals surface area contributed by atoms with Gasteiger partial charge in [0.05, 0.1) is 54.6 Å². The molecule has 0 unspecified atom stereocenters. The van der Waals surface area contributed by atoms with E-state index in [0.717, 1.165) is 38.9 Å². The van der Waals surface area contributed by atoms with Gasteiger partial charge in [-0.2, -0.15) is 10.4 Å². The highest BCUT2D eigenvalue weighted by Crippen LogP contribution is 2.38. The number of nitrogens with one attached hydrogen (secondary N) is 1. The number of carboxylic acids is 2. The van der Waals surface area contributed by atoms with Gasteiger partial charge < -0.3 is 34.6 Å². The molecule has 2 heterocycles. The summed E-state index contributed by atoms with van der Waals surface area (Å²) in [7, 11) is 1.52. The van der Waals surface area contributed by atoms with Crippen LogP contribution in [-0.4, -0.2) is 73.5 Å². The van der Waals surface area contributed by atoms with Crippen LogP contribution in [0, 0.1) is 31.1 Å². The summed E-state index contributed by atoms with van der Waals surface area (Å²) in [6, 6.07) is 21.4. The number of aromatic nitrogens is 3. The molecule has 16 heteroatoms. The third-order valence-electron chi connectivity index (χ3n) is 10.6. The second-order valence-corrected chi connectivity index (χ2v) is 15.5. The summed E-state index contributed by atoms with van der Waals surface area (Å²) in [6.45, 7) is 3.49. The molecule has 322 valence electrons. The minimum atomic E-state index is -1.20. The molecule has 0 aliphatic heterocycles. The lowest BCUT2D eigenvalue weighted by atomic mass is 9.94. The average molecular weight is 883 g/mol. The van der Waals surface area contributed by atoms with E-state index >= 15 is 0 Å². The summed E-state index contributed by atoms with van der Waals surface area (Å²) < 4.78 is 19.9. The molecule has 4 aromatic carbocycles. The Morgan fingerprint density at radius 1 is 0.839 bits per heavy atom. The molecule has 0 radical (unpaired) electrons. The van der Waals surface area contributed by atoms with Crippen molar-refractivity contribution in [3.05, 3.63) is 134 Å². The number of nitriles is 1. The van der Waals surface area contributed by atoms with Crippen molar-refractivity contribution >= 4 is 46.0 Å². The third kappa shape index (κ3) is 10.4. The topological polar surface area (TPSA) is 209 Å². The highest BCUT2D eigenvalue weighted by Gasteiger charge is 2.22. The van der Waals surface area contributed by atoms with Crippen LogP contribution in [-0.2, 0) is 42.3 Å². The molecule has 0 aliphatic carbocycles. The molecule has 0 saturated heterocycles. The lowest BCUT2D eigenvalue weighted by molar-refractivity contribution is -0.143. The molecule has 0 aliphatic rings. The number of benzene rings is 4. The molecule has 0 saturated carbocycles. The zero-order valence-corrected chi connectivity index (χ0v) is 35.7. The van der Waals surface area contributed by atoms with Crippen molar-refractivity contribution in [2.24, 2.45) is 5.92 Å². The molecule has 5 N–H and O–H groups in total. The van der Waals surface area contributed by atoms with Crippen molar-refractivity contribution in [3.63, 3.8) is 0 Å². The largest absolute Gasteiger partial charge is 0.496 e. The minimum absolute atomic E-state index is 0.0378. The standard InChI is InChI=1S/C46H45Cl2N5O9/c1-26-32(25-62-43-16-41(60-3)30(13-38(43)48)10-11-31(22-54)45(56)57)6-4-7-35(26)36-8-5-9-40-44(36)27(2)52-53(40)21-34-15-42(61-24-29-12-28(17-49)18-50-19-29)33(14-37(34)47)20-51-39(23-55)46(58)59/h4-9,12-16,18-19,31,39,51,54-55H,10-11,20-25H2,1-3H3,(H,56,57)(H,58,59)/t31-,39-/m0/s1. The molecular formula is C46H45Cl2N5O9. The number of carbonyl (C=O) groups is 2. The smallest absolute Gasteiger partial charge is 0.323 e. The first-order valence-corrected chi connectivity index (χ1v) is 20.3. The summed E-state index contributed by atoms with van der Waals surface area (Å²) in [5.74, 6) is -1.83. The lowest BCUT2D eigenvalue weighted by Gasteiger charge is -2.18. The summed E-state index contributed by atoms with van der Waals surface area (Å²) in [6.07, 6.45) is 3.61. The fourth-order valence-corrected chi connectivity index (χ4v) is 7.68. The number of aliphatic carboxylic acids is 2. The first-order valence-electron chi connectivity index (χ1n) is 19.6. The van der Waals surface area contributed by atoms with Gasteiger partial charge in [-0.3, -0.25) is 24.6 Å². The monoisotopic (exact) mass is 881 g/mol. The highest BCUT2D eigenvalue weighted by molar-refractivity contribution is 6.32. The van der Waals surface area contributed by atoms with Crippen molar-refractivity contribution in [1.82, 2.24) is 20.1 Å². The second-order valence-electron chi connectivity index (χ2n) is 14.7. The lowest BCUT2D eigenvalue weighted by Crippen LogP contribution is -2.39. The molecule has 62 heavy (non-hydrogen) atoms. The maximum Gasteiger partial charge on any atom is 0.323 e. The van der Waals surface area contributed by atoms with Crippen molar-refractivity contribution in [1.29, 1.82) is 5.26 Å². The maximum absolute atomic E-state index is 11.6. The average Bonchev–Trinajstić information content (AvgIpc) is 3.58. The number of methoxy groups -OCH3 is 1. The van der Waals surface area contributed by atoms with E-state index in [1.807, 2.05) is 54.9 Å². The minimum Gasteiger partial charge on any atom is -0.496 e. The van der Waals surface area contributed by atoms with E-state index in [1.54, 1.807) is 36.5 Å². The van der Waals surface area contributed by atoms with Crippen molar-refractivity contribution in [2.75, 3.05) is 20.3 Å². The Bertz CT molecular complexity index is 2650. The Kier molecular flexibility index (Phi) is 15.0. The first kappa shape index (κ1) is 45.3. The van der Waals surface area contributed by atoms with Gasteiger partial charge in [-0.05, 0) is 90.4 Å². The van der Waals surface area contributed by atoms with Crippen LogP contribution >= 0.6 is 23.2 Å². The Morgan fingerprint density at radius 3 is 2.29 bits per heavy atom. The molecule has 2 aromatic heterocycles. The van der Waals surface area contributed by atoms with Gasteiger partial charge in [0.25, 0.3) is 0 Å². The van der Waals surface area contributed by atoms with Gasteiger partial charge >= 0.3 is 11.9 Å². The van der Waals surface area contributed by atoms with Crippen LogP contribution in [0.5, 0.6) is 17.2 Å². The van der Waals surface area contributed by atoms with E-state index in [4.69, 9.17) is 42.5 Å². The summed E-state index contributed by atoms with van der Waals surface area (Å²) >= 11 is 13.6. The Balaban J connectivity index is 1.26. The van der Waals surface area contributed by atoms with Crippen LogP contribution in [0.25, 0.3) is 22.0 Å². The van der Waals surface area contributed by atoms with Gasteiger partial charge in [0, 0.05) is 46.5 Å². The van der Waals surface area contributed by atoms with Crippen LogP contribution < -0.4 is 19.5 Å². The number of nitrogens with zero attached hydrogens (tertiary/aromatic N) is 4. The van der Waals surface area contributed by atoms with Gasteiger partial charge in [-0.15, -0.1) is 0 Å².